The summed E-state index contributed by atoms with van der Waals surface area (Å²) in [5, 5.41) is 9.00. The third-order valence-corrected chi connectivity index (χ3v) is 3.72. The summed E-state index contributed by atoms with van der Waals surface area (Å²) in [5.41, 5.74) is -1.07. The fourth-order valence-electron chi connectivity index (χ4n) is 1.79. The van der Waals surface area contributed by atoms with Gasteiger partial charge in [0.1, 0.15) is 0 Å². The van der Waals surface area contributed by atoms with Gasteiger partial charge in [-0.05, 0) is 24.1 Å². The smallest absolute Gasteiger partial charge is 0.298 e. The van der Waals surface area contributed by atoms with Gasteiger partial charge in [-0.1, -0.05) is 42.8 Å². The van der Waals surface area contributed by atoms with E-state index < -0.39 is 22.0 Å². The number of halogens is 4. The van der Waals surface area contributed by atoms with Crippen LogP contribution in [0.15, 0.2) is 18.2 Å². The third kappa shape index (κ3) is 4.57. The van der Waals surface area contributed by atoms with Crippen LogP contribution in [0.2, 0.25) is 0 Å². The number of hydrogen-bond donors (Lipinski definition) is 0. The van der Waals surface area contributed by atoms with Gasteiger partial charge in [0, 0.05) is 5.41 Å². The van der Waals surface area contributed by atoms with Crippen molar-refractivity contribution in [2.75, 3.05) is 0 Å². The number of Topliss-reactive ketones (excluding diaryl/α,β-unsaturated/α-hetero) is 1. The topological polar surface area (TPSA) is 40.9 Å². The number of carbonyl (C=O) groups is 1. The molecule has 1 aromatic rings. The first kappa shape index (κ1) is 17.7. The van der Waals surface area contributed by atoms with E-state index in [4.69, 9.17) is 5.26 Å². The van der Waals surface area contributed by atoms with E-state index in [9.17, 15) is 18.0 Å². The second-order valence-electron chi connectivity index (χ2n) is 5.77. The second kappa shape index (κ2) is 6.18. The lowest BCUT2D eigenvalue weighted by Crippen LogP contribution is -2.30. The molecule has 0 N–H and O–H groups in total. The summed E-state index contributed by atoms with van der Waals surface area (Å²) in [7, 11) is 0. The molecule has 0 radical (unpaired) electrons. The number of carbonyl (C=O) groups excluding carboxylic acids is 1. The highest BCUT2D eigenvalue weighted by molar-refractivity contribution is 9.10. The van der Waals surface area contributed by atoms with E-state index in [-0.39, 0.29) is 17.8 Å². The zero-order valence-corrected chi connectivity index (χ0v) is 13.5. The van der Waals surface area contributed by atoms with Gasteiger partial charge in [-0.3, -0.25) is 4.79 Å². The Morgan fingerprint density at radius 1 is 1.33 bits per heavy atom. The number of hydrogen-bond acceptors (Lipinski definition) is 2. The summed E-state index contributed by atoms with van der Waals surface area (Å²) in [6.45, 7) is 5.30. The molecule has 2 nitrogen and oxygen atoms in total. The molecule has 0 aliphatic rings. The van der Waals surface area contributed by atoms with Crippen molar-refractivity contribution in [3.05, 3.63) is 34.9 Å². The maximum absolute atomic E-state index is 12.6. The Morgan fingerprint density at radius 3 is 2.33 bits per heavy atom. The largest absolute Gasteiger partial charge is 0.416 e. The monoisotopic (exact) mass is 361 g/mol. The lowest BCUT2D eigenvalue weighted by molar-refractivity contribution is -0.137. The zero-order valence-electron chi connectivity index (χ0n) is 11.9. The van der Waals surface area contributed by atoms with Crippen molar-refractivity contribution in [1.29, 1.82) is 5.26 Å². The van der Waals surface area contributed by atoms with Crippen LogP contribution in [-0.2, 0) is 17.4 Å². The van der Waals surface area contributed by atoms with Crippen LogP contribution < -0.4 is 0 Å². The summed E-state index contributed by atoms with van der Waals surface area (Å²) >= 11 is 3.26. The van der Waals surface area contributed by atoms with Crippen LogP contribution in [0.4, 0.5) is 13.2 Å². The number of nitrogens with zero attached hydrogens (tertiary/aromatic N) is 1. The molecule has 1 aromatic carbocycles. The molecule has 0 aliphatic carbocycles. The van der Waals surface area contributed by atoms with Gasteiger partial charge < -0.3 is 0 Å². The molecule has 0 aromatic heterocycles. The molecule has 0 saturated heterocycles. The van der Waals surface area contributed by atoms with Gasteiger partial charge >= 0.3 is 6.18 Å². The number of nitriles is 1. The van der Waals surface area contributed by atoms with Crippen molar-refractivity contribution < 1.29 is 18.0 Å². The van der Waals surface area contributed by atoms with Gasteiger partial charge in [0.2, 0.25) is 0 Å². The average Bonchev–Trinajstić information content (AvgIpc) is 2.35. The zero-order chi connectivity index (χ0) is 16.4. The first-order chi connectivity index (χ1) is 9.46. The highest BCUT2D eigenvalue weighted by Crippen LogP contribution is 2.31. The predicted octanol–water partition coefficient (Wildman–Crippen LogP) is 4.50. The van der Waals surface area contributed by atoms with Crippen LogP contribution in [0.25, 0.3) is 0 Å². The molecule has 0 heterocycles. The molecular formula is C15H15BrF3NO. The van der Waals surface area contributed by atoms with E-state index >= 15 is 0 Å². The maximum atomic E-state index is 12.6. The number of benzene rings is 1. The second-order valence-corrected chi connectivity index (χ2v) is 6.87. The fraction of sp³-hybridized carbons (Fsp3) is 0.467. The molecule has 0 amide bonds. The van der Waals surface area contributed by atoms with Crippen molar-refractivity contribution in [2.24, 2.45) is 5.41 Å². The Bertz CT molecular complexity index is 582. The van der Waals surface area contributed by atoms with E-state index in [0.29, 0.717) is 5.56 Å². The van der Waals surface area contributed by atoms with Crippen LogP contribution in [0.3, 0.4) is 0 Å². The summed E-state index contributed by atoms with van der Waals surface area (Å²) in [4.78, 5) is 11.5. The Kier molecular flexibility index (Phi) is 5.21. The van der Waals surface area contributed by atoms with Crippen LogP contribution in [0.5, 0.6) is 0 Å². The van der Waals surface area contributed by atoms with Gasteiger partial charge in [-0.2, -0.15) is 18.4 Å². The Morgan fingerprint density at radius 2 is 1.90 bits per heavy atom. The molecule has 0 saturated carbocycles. The normalized spacial score (nSPS) is 13.6. The fourth-order valence-corrected chi connectivity index (χ4v) is 2.83. The van der Waals surface area contributed by atoms with E-state index in [0.717, 1.165) is 12.1 Å². The molecule has 114 valence electrons. The molecule has 1 rings (SSSR count). The van der Waals surface area contributed by atoms with Gasteiger partial charge in [-0.25, -0.2) is 0 Å². The molecule has 6 heteroatoms. The Hall–Kier alpha value is -1.35. The number of ketones is 1. The average molecular weight is 362 g/mol. The van der Waals surface area contributed by atoms with Crippen molar-refractivity contribution in [3.63, 3.8) is 0 Å². The molecular weight excluding hydrogens is 347 g/mol. The van der Waals surface area contributed by atoms with E-state index in [1.807, 2.05) is 0 Å². The quantitative estimate of drug-likeness (QED) is 0.743. The Balaban J connectivity index is 3.06. The van der Waals surface area contributed by atoms with Gasteiger partial charge in [0.05, 0.1) is 22.0 Å². The summed E-state index contributed by atoms with van der Waals surface area (Å²) in [6, 6.07) is 4.76. The number of rotatable bonds is 3. The molecule has 1 atom stereocenters. The SMILES string of the molecule is CC(C)(C)C(=O)C(Br)Cc1ccc(C(F)(F)F)cc1C#N. The molecule has 0 spiro atoms. The summed E-state index contributed by atoms with van der Waals surface area (Å²) in [6.07, 6.45) is -4.31. The highest BCUT2D eigenvalue weighted by atomic mass is 79.9. The molecule has 21 heavy (non-hydrogen) atoms. The van der Waals surface area contributed by atoms with Crippen LogP contribution in [-0.4, -0.2) is 10.6 Å². The van der Waals surface area contributed by atoms with Gasteiger partial charge in [0.25, 0.3) is 0 Å². The maximum Gasteiger partial charge on any atom is 0.416 e. The van der Waals surface area contributed by atoms with Crippen LogP contribution >= 0.6 is 15.9 Å². The highest BCUT2D eigenvalue weighted by Gasteiger charge is 2.32. The van der Waals surface area contributed by atoms with E-state index in [1.54, 1.807) is 26.8 Å². The lowest BCUT2D eigenvalue weighted by atomic mass is 9.86. The Labute approximate surface area is 130 Å². The molecule has 1 unspecified atom stereocenters. The minimum absolute atomic E-state index is 0.0593. The van der Waals surface area contributed by atoms with Crippen molar-refractivity contribution >= 4 is 21.7 Å². The lowest BCUT2D eigenvalue weighted by Gasteiger charge is -2.21. The minimum atomic E-state index is -4.49. The van der Waals surface area contributed by atoms with Crippen LogP contribution in [0, 0.1) is 16.7 Å². The number of alkyl halides is 4. The summed E-state index contributed by atoms with van der Waals surface area (Å²) < 4.78 is 37.8. The predicted molar refractivity (Wildman–Crippen MR) is 77.0 cm³/mol. The summed E-state index contributed by atoms with van der Waals surface area (Å²) in [5.74, 6) is -0.0636. The van der Waals surface area contributed by atoms with E-state index in [2.05, 4.69) is 15.9 Å². The molecule has 0 fully saturated rings. The first-order valence-corrected chi connectivity index (χ1v) is 7.17. The van der Waals surface area contributed by atoms with Crippen molar-refractivity contribution in [2.45, 2.75) is 38.2 Å². The standard InChI is InChI=1S/C15H15BrF3NO/c1-14(2,3)13(21)12(16)7-9-4-5-11(15(17,18)19)6-10(9)8-20/h4-6,12H,7H2,1-3H3. The van der Waals surface area contributed by atoms with Crippen molar-refractivity contribution in [3.8, 4) is 6.07 Å². The van der Waals surface area contributed by atoms with Crippen molar-refractivity contribution in [1.82, 2.24) is 0 Å². The van der Waals surface area contributed by atoms with Gasteiger partial charge in [0.15, 0.2) is 5.78 Å². The van der Waals surface area contributed by atoms with Crippen LogP contribution in [0.1, 0.15) is 37.5 Å². The first-order valence-electron chi connectivity index (χ1n) is 6.25. The molecule has 0 aliphatic heterocycles. The molecule has 0 bridgehead atoms. The van der Waals surface area contributed by atoms with Gasteiger partial charge in [-0.15, -0.1) is 0 Å². The van der Waals surface area contributed by atoms with E-state index in [1.165, 1.54) is 6.07 Å². The minimum Gasteiger partial charge on any atom is -0.298 e. The third-order valence-electron chi connectivity index (χ3n) is 2.98.